The lowest BCUT2D eigenvalue weighted by Gasteiger charge is -2.27. The van der Waals surface area contributed by atoms with Gasteiger partial charge in [0.1, 0.15) is 0 Å². The van der Waals surface area contributed by atoms with E-state index in [1.165, 1.54) is 0 Å². The molecule has 1 aromatic heterocycles. The number of nitrogens with one attached hydrogen (secondary N) is 1. The Kier molecular flexibility index (Phi) is 5.42. The number of Topliss-reactive ketones (excluding diaryl/α,β-unsaturated/α-hetero) is 1. The molecule has 0 fully saturated rings. The molecule has 1 amide bonds. The quantitative estimate of drug-likeness (QED) is 0.622. The Morgan fingerprint density at radius 3 is 2.40 bits per heavy atom. The minimum Gasteiger partial charge on any atom is -0.388 e. The normalized spacial score (nSPS) is 13.6. The molecule has 0 radical (unpaired) electrons. The highest BCUT2D eigenvalue weighted by atomic mass is 16.3. The van der Waals surface area contributed by atoms with Gasteiger partial charge in [0.2, 0.25) is 0 Å². The minimum absolute atomic E-state index is 0.0140. The fourth-order valence-electron chi connectivity index (χ4n) is 2.45. The average Bonchev–Trinajstić information content (AvgIpc) is 2.87. The van der Waals surface area contributed by atoms with Gasteiger partial charge >= 0.3 is 0 Å². The van der Waals surface area contributed by atoms with Crippen LogP contribution in [0.1, 0.15) is 42.5 Å². The van der Waals surface area contributed by atoms with Gasteiger partial charge in [-0.15, -0.1) is 0 Å². The second-order valence-electron chi connectivity index (χ2n) is 6.82. The van der Waals surface area contributed by atoms with E-state index in [1.807, 2.05) is 44.2 Å². The van der Waals surface area contributed by atoms with Crippen LogP contribution in [0.2, 0.25) is 0 Å². The van der Waals surface area contributed by atoms with Gasteiger partial charge in [-0.3, -0.25) is 9.59 Å². The van der Waals surface area contributed by atoms with Crippen LogP contribution in [0.3, 0.4) is 0 Å². The molecular formula is C19H25N3O3. The largest absolute Gasteiger partial charge is 0.388 e. The number of carbonyl (C=O) groups is 2. The highest BCUT2D eigenvalue weighted by Gasteiger charge is 2.29. The molecule has 1 heterocycles. The summed E-state index contributed by atoms with van der Waals surface area (Å²) < 4.78 is 1.65. The standard InChI is InChI=1S/C19H25N3O3/c1-12(2)19(5,25)11-20-18(24)17(23)16-13(3)21-22(14(16)4)15-9-7-6-8-10-15/h6-10,12,25H,11H2,1-5H3,(H,20,24). The van der Waals surface area contributed by atoms with Gasteiger partial charge in [0.05, 0.1) is 28.2 Å². The molecule has 134 valence electrons. The van der Waals surface area contributed by atoms with Crippen LogP contribution in [0.25, 0.3) is 5.69 Å². The van der Waals surface area contributed by atoms with E-state index < -0.39 is 17.3 Å². The molecule has 0 aliphatic carbocycles. The van der Waals surface area contributed by atoms with Gasteiger partial charge in [-0.1, -0.05) is 32.0 Å². The summed E-state index contributed by atoms with van der Waals surface area (Å²) >= 11 is 0. The van der Waals surface area contributed by atoms with E-state index >= 15 is 0 Å². The number of rotatable bonds is 6. The van der Waals surface area contributed by atoms with Crippen molar-refractivity contribution in [2.75, 3.05) is 6.54 Å². The monoisotopic (exact) mass is 343 g/mol. The molecule has 25 heavy (non-hydrogen) atoms. The number of hydrogen-bond acceptors (Lipinski definition) is 4. The number of aromatic nitrogens is 2. The van der Waals surface area contributed by atoms with Crippen LogP contribution < -0.4 is 5.32 Å². The van der Waals surface area contributed by atoms with E-state index in [0.29, 0.717) is 17.0 Å². The Labute approximate surface area is 147 Å². The summed E-state index contributed by atoms with van der Waals surface area (Å²) in [6.07, 6.45) is 0. The zero-order valence-electron chi connectivity index (χ0n) is 15.3. The predicted molar refractivity (Wildman–Crippen MR) is 95.8 cm³/mol. The molecule has 6 heteroatoms. The Hall–Kier alpha value is -2.47. The van der Waals surface area contributed by atoms with Crippen LogP contribution in [0.5, 0.6) is 0 Å². The molecule has 1 atom stereocenters. The van der Waals surface area contributed by atoms with E-state index in [-0.39, 0.29) is 12.5 Å². The summed E-state index contributed by atoms with van der Waals surface area (Å²) in [5.41, 5.74) is 1.15. The average molecular weight is 343 g/mol. The van der Waals surface area contributed by atoms with Crippen LogP contribution in [0.15, 0.2) is 30.3 Å². The van der Waals surface area contributed by atoms with Gasteiger partial charge < -0.3 is 10.4 Å². The number of aliphatic hydroxyl groups is 1. The predicted octanol–water partition coefficient (Wildman–Crippen LogP) is 2.20. The van der Waals surface area contributed by atoms with Crippen LogP contribution in [-0.2, 0) is 4.79 Å². The third kappa shape index (κ3) is 3.96. The van der Waals surface area contributed by atoms with Gasteiger partial charge in [-0.2, -0.15) is 5.10 Å². The number of carbonyl (C=O) groups excluding carboxylic acids is 2. The van der Waals surface area contributed by atoms with Crippen molar-refractivity contribution in [2.24, 2.45) is 5.92 Å². The summed E-state index contributed by atoms with van der Waals surface area (Å²) in [4.78, 5) is 24.8. The zero-order chi connectivity index (χ0) is 18.8. The van der Waals surface area contributed by atoms with Gasteiger partial charge in [-0.05, 0) is 38.8 Å². The molecule has 0 bridgehead atoms. The Morgan fingerprint density at radius 2 is 1.84 bits per heavy atom. The number of para-hydroxylation sites is 1. The Morgan fingerprint density at radius 1 is 1.24 bits per heavy atom. The summed E-state index contributed by atoms with van der Waals surface area (Å²) in [7, 11) is 0. The van der Waals surface area contributed by atoms with Crippen LogP contribution in [-0.4, -0.2) is 38.7 Å². The number of hydrogen-bond donors (Lipinski definition) is 2. The van der Waals surface area contributed by atoms with Crippen molar-refractivity contribution in [1.82, 2.24) is 15.1 Å². The molecule has 6 nitrogen and oxygen atoms in total. The summed E-state index contributed by atoms with van der Waals surface area (Å²) in [5, 5.41) is 17.1. The molecule has 1 aromatic carbocycles. The first-order valence-electron chi connectivity index (χ1n) is 8.31. The first-order valence-corrected chi connectivity index (χ1v) is 8.31. The second kappa shape index (κ2) is 7.19. The van der Waals surface area contributed by atoms with Crippen molar-refractivity contribution in [2.45, 2.75) is 40.2 Å². The smallest absolute Gasteiger partial charge is 0.292 e. The van der Waals surface area contributed by atoms with Crippen LogP contribution in [0.4, 0.5) is 0 Å². The number of amides is 1. The molecule has 0 saturated carbocycles. The third-order valence-corrected chi connectivity index (χ3v) is 4.58. The maximum absolute atomic E-state index is 12.6. The SMILES string of the molecule is Cc1nn(-c2ccccc2)c(C)c1C(=O)C(=O)NCC(C)(O)C(C)C. The van der Waals surface area contributed by atoms with Crippen molar-refractivity contribution in [3.05, 3.63) is 47.3 Å². The molecule has 0 saturated heterocycles. The van der Waals surface area contributed by atoms with Gasteiger partial charge in [0.15, 0.2) is 0 Å². The maximum Gasteiger partial charge on any atom is 0.292 e. The van der Waals surface area contributed by atoms with Crippen molar-refractivity contribution < 1.29 is 14.7 Å². The minimum atomic E-state index is -1.08. The van der Waals surface area contributed by atoms with E-state index in [1.54, 1.807) is 25.5 Å². The highest BCUT2D eigenvalue weighted by Crippen LogP contribution is 2.19. The first kappa shape index (κ1) is 18.9. The van der Waals surface area contributed by atoms with Gasteiger partial charge in [-0.25, -0.2) is 4.68 Å². The Bertz CT molecular complexity index is 777. The fourth-order valence-corrected chi connectivity index (χ4v) is 2.45. The Balaban J connectivity index is 2.23. The lowest BCUT2D eigenvalue weighted by atomic mass is 9.92. The van der Waals surface area contributed by atoms with E-state index in [4.69, 9.17) is 0 Å². The molecule has 2 N–H and O–H groups in total. The molecule has 0 aliphatic rings. The number of ketones is 1. The lowest BCUT2D eigenvalue weighted by molar-refractivity contribution is -0.118. The molecule has 1 unspecified atom stereocenters. The van der Waals surface area contributed by atoms with Crippen molar-refractivity contribution in [1.29, 1.82) is 0 Å². The molecular weight excluding hydrogens is 318 g/mol. The molecule has 2 rings (SSSR count). The summed E-state index contributed by atoms with van der Waals surface area (Å²) in [6, 6.07) is 9.43. The third-order valence-electron chi connectivity index (χ3n) is 4.58. The summed E-state index contributed by atoms with van der Waals surface area (Å²) in [6.45, 7) is 8.82. The first-order chi connectivity index (χ1) is 11.6. The molecule has 0 spiro atoms. The van der Waals surface area contributed by atoms with Crippen molar-refractivity contribution in [3.8, 4) is 5.69 Å². The van der Waals surface area contributed by atoms with Gasteiger partial charge in [0, 0.05) is 6.54 Å². The number of nitrogens with zero attached hydrogens (tertiary/aromatic N) is 2. The van der Waals surface area contributed by atoms with Crippen molar-refractivity contribution >= 4 is 11.7 Å². The van der Waals surface area contributed by atoms with E-state index in [0.717, 1.165) is 5.69 Å². The molecule has 2 aromatic rings. The van der Waals surface area contributed by atoms with E-state index in [9.17, 15) is 14.7 Å². The number of aryl methyl sites for hydroxylation is 1. The van der Waals surface area contributed by atoms with Crippen LogP contribution >= 0.6 is 0 Å². The highest BCUT2D eigenvalue weighted by molar-refractivity contribution is 6.43. The molecule has 0 aliphatic heterocycles. The van der Waals surface area contributed by atoms with E-state index in [2.05, 4.69) is 10.4 Å². The van der Waals surface area contributed by atoms with Crippen LogP contribution in [0, 0.1) is 19.8 Å². The van der Waals surface area contributed by atoms with Gasteiger partial charge in [0.25, 0.3) is 11.7 Å². The lowest BCUT2D eigenvalue weighted by Crippen LogP contribution is -2.46. The zero-order valence-corrected chi connectivity index (χ0v) is 15.3. The summed E-state index contributed by atoms with van der Waals surface area (Å²) in [5.74, 6) is -1.43. The maximum atomic E-state index is 12.6. The fraction of sp³-hybridized carbons (Fsp3) is 0.421. The van der Waals surface area contributed by atoms with Crippen molar-refractivity contribution in [3.63, 3.8) is 0 Å². The topological polar surface area (TPSA) is 84.2 Å². The number of benzene rings is 1. The second-order valence-corrected chi connectivity index (χ2v) is 6.82.